The Morgan fingerprint density at radius 1 is 0.900 bits per heavy atom. The van der Waals surface area contributed by atoms with Gasteiger partial charge in [0.15, 0.2) is 0 Å². The largest absolute Gasteiger partial charge is 0.412 e. The highest BCUT2D eigenvalue weighted by molar-refractivity contribution is 8.00. The second kappa shape index (κ2) is 12.6. The van der Waals surface area contributed by atoms with Gasteiger partial charge in [0.25, 0.3) is 0 Å². The molecule has 1 unspecified atom stereocenters. The van der Waals surface area contributed by atoms with Crippen molar-refractivity contribution in [3.8, 4) is 0 Å². The van der Waals surface area contributed by atoms with E-state index in [-0.39, 0.29) is 6.10 Å². The normalized spacial score (nSPS) is 24.3. The zero-order chi connectivity index (χ0) is 14.5. The van der Waals surface area contributed by atoms with Crippen LogP contribution >= 0.6 is 12.2 Å². The fourth-order valence-electron chi connectivity index (χ4n) is 1.51. The molecule has 1 heterocycles. The lowest BCUT2D eigenvalue weighted by atomic mass is 10.4. The summed E-state index contributed by atoms with van der Waals surface area (Å²) in [7, 11) is 0. The number of thiocarbonyl (C=S) groups is 1. The summed E-state index contributed by atoms with van der Waals surface area (Å²) in [6, 6.07) is 0. The third kappa shape index (κ3) is 10.7. The molecule has 0 aromatic rings. The van der Waals surface area contributed by atoms with Crippen molar-refractivity contribution < 1.29 is 23.7 Å². The van der Waals surface area contributed by atoms with E-state index in [1.165, 1.54) is 0 Å². The Bertz CT molecular complexity index is 242. The Hall–Kier alpha value is -0.0900. The van der Waals surface area contributed by atoms with E-state index in [9.17, 15) is 0 Å². The molecule has 20 heavy (non-hydrogen) atoms. The molecule has 0 bridgehead atoms. The van der Waals surface area contributed by atoms with Crippen molar-refractivity contribution in [1.29, 1.82) is 0 Å². The summed E-state index contributed by atoms with van der Waals surface area (Å²) in [5.74, 6) is 0. The molecule has 1 atom stereocenters. The minimum Gasteiger partial charge on any atom is -0.412 e. The first-order valence-corrected chi connectivity index (χ1v) is 7.48. The molecule has 0 radical (unpaired) electrons. The van der Waals surface area contributed by atoms with E-state index in [1.54, 1.807) is 0 Å². The molecule has 0 aliphatic carbocycles. The maximum Gasteiger partial charge on any atom is 0.0980 e. The van der Waals surface area contributed by atoms with Gasteiger partial charge in [0.2, 0.25) is 0 Å². The molecule has 1 aliphatic heterocycles. The van der Waals surface area contributed by atoms with Crippen molar-refractivity contribution in [3.63, 3.8) is 0 Å². The molecule has 118 valence electrons. The molecule has 0 saturated carbocycles. The predicted octanol–water partition coefficient (Wildman–Crippen LogP) is -0.127. The van der Waals surface area contributed by atoms with Gasteiger partial charge in [-0.1, -0.05) is 4.32 Å². The van der Waals surface area contributed by atoms with Crippen molar-refractivity contribution in [2.75, 3.05) is 66.0 Å². The van der Waals surface area contributed by atoms with Gasteiger partial charge in [-0.05, 0) is 0 Å². The molecule has 0 aromatic carbocycles. The fraction of sp³-hybridized carbons (Fsp3) is 0.917. The molecular formula is C12H22NO5S2-. The summed E-state index contributed by atoms with van der Waals surface area (Å²) in [5.41, 5.74) is 0. The van der Waals surface area contributed by atoms with Gasteiger partial charge in [0.1, 0.15) is 0 Å². The molecule has 8 heteroatoms. The van der Waals surface area contributed by atoms with Crippen LogP contribution in [0.1, 0.15) is 0 Å². The third-order valence-electron chi connectivity index (χ3n) is 2.48. The number of hydrogen-bond acceptors (Lipinski definition) is 7. The highest BCUT2D eigenvalue weighted by atomic mass is 32.1. The summed E-state index contributed by atoms with van der Waals surface area (Å²) in [5, 5.41) is 2.91. The molecule has 6 nitrogen and oxygen atoms in total. The Balaban J connectivity index is 2.26. The number of rotatable bonds is 2. The van der Waals surface area contributed by atoms with Gasteiger partial charge in [0, 0.05) is 6.54 Å². The van der Waals surface area contributed by atoms with Gasteiger partial charge >= 0.3 is 0 Å². The molecule has 1 aliphatic rings. The Morgan fingerprint density at radius 3 is 1.95 bits per heavy atom. The second-order valence-electron chi connectivity index (χ2n) is 4.07. The average Bonchev–Trinajstić information content (AvgIpc) is 2.44. The molecule has 0 aromatic heterocycles. The maximum absolute atomic E-state index is 5.67. The predicted molar refractivity (Wildman–Crippen MR) is 81.0 cm³/mol. The van der Waals surface area contributed by atoms with Crippen LogP contribution < -0.4 is 5.32 Å². The highest BCUT2D eigenvalue weighted by Gasteiger charge is 2.09. The van der Waals surface area contributed by atoms with Crippen LogP contribution in [-0.4, -0.2) is 76.4 Å². The number of ether oxygens (including phenoxy) is 5. The van der Waals surface area contributed by atoms with Crippen LogP contribution in [0.4, 0.5) is 0 Å². The summed E-state index contributed by atoms with van der Waals surface area (Å²) >= 11 is 9.62. The highest BCUT2D eigenvalue weighted by Crippen LogP contribution is 1.95. The summed E-state index contributed by atoms with van der Waals surface area (Å²) in [4.78, 5) is 0. The summed E-state index contributed by atoms with van der Waals surface area (Å²) in [6.45, 7) is 5.34. The zero-order valence-electron chi connectivity index (χ0n) is 11.5. The van der Waals surface area contributed by atoms with Crippen molar-refractivity contribution in [2.24, 2.45) is 0 Å². The molecule has 0 amide bonds. The minimum absolute atomic E-state index is 0.110. The van der Waals surface area contributed by atoms with Gasteiger partial charge in [-0.3, -0.25) is 0 Å². The molecular weight excluding hydrogens is 302 g/mol. The maximum atomic E-state index is 5.67. The van der Waals surface area contributed by atoms with E-state index >= 15 is 0 Å². The van der Waals surface area contributed by atoms with Crippen LogP contribution in [0.25, 0.3) is 0 Å². The molecule has 1 rings (SSSR count). The fourth-order valence-corrected chi connectivity index (χ4v) is 1.68. The molecule has 1 saturated heterocycles. The van der Waals surface area contributed by atoms with E-state index in [1.807, 2.05) is 0 Å². The average molecular weight is 324 g/mol. The smallest absolute Gasteiger partial charge is 0.0980 e. The van der Waals surface area contributed by atoms with Crippen LogP contribution in [0.5, 0.6) is 0 Å². The van der Waals surface area contributed by atoms with Crippen LogP contribution in [-0.2, 0) is 36.3 Å². The molecule has 1 N–H and O–H groups in total. The monoisotopic (exact) mass is 324 g/mol. The third-order valence-corrected chi connectivity index (χ3v) is 2.76. The Morgan fingerprint density at radius 2 is 1.40 bits per heavy atom. The molecule has 0 spiro atoms. The van der Waals surface area contributed by atoms with Gasteiger partial charge in [-0.15, -0.1) is 0 Å². The van der Waals surface area contributed by atoms with E-state index < -0.39 is 0 Å². The van der Waals surface area contributed by atoms with Crippen LogP contribution in [0, 0.1) is 0 Å². The lowest BCUT2D eigenvalue weighted by molar-refractivity contribution is -0.0429. The van der Waals surface area contributed by atoms with Crippen LogP contribution in [0.2, 0.25) is 0 Å². The van der Waals surface area contributed by atoms with Gasteiger partial charge in [-0.25, -0.2) is 0 Å². The lowest BCUT2D eigenvalue weighted by Crippen LogP contribution is -2.36. The Labute approximate surface area is 130 Å². The van der Waals surface area contributed by atoms with E-state index in [2.05, 4.69) is 5.32 Å². The van der Waals surface area contributed by atoms with Gasteiger partial charge in [-0.2, -0.15) is 0 Å². The van der Waals surface area contributed by atoms with Gasteiger partial charge in [0.05, 0.1) is 65.6 Å². The summed E-state index contributed by atoms with van der Waals surface area (Å²) in [6.07, 6.45) is -0.110. The first-order chi connectivity index (χ1) is 9.79. The lowest BCUT2D eigenvalue weighted by Gasteiger charge is -2.20. The molecule has 1 fully saturated rings. The minimum atomic E-state index is -0.110. The SMILES string of the molecule is S=C([S-])NCC1COCCOCCOCCOCCO1. The van der Waals surface area contributed by atoms with E-state index in [0.29, 0.717) is 70.3 Å². The topological polar surface area (TPSA) is 58.2 Å². The van der Waals surface area contributed by atoms with Crippen molar-refractivity contribution in [3.05, 3.63) is 0 Å². The van der Waals surface area contributed by atoms with Crippen molar-refractivity contribution in [2.45, 2.75) is 6.10 Å². The van der Waals surface area contributed by atoms with Crippen LogP contribution in [0.3, 0.4) is 0 Å². The number of nitrogens with one attached hydrogen (secondary N) is 1. The second-order valence-corrected chi connectivity index (χ2v) is 5.15. The quantitative estimate of drug-likeness (QED) is 0.557. The zero-order valence-corrected chi connectivity index (χ0v) is 13.1. The van der Waals surface area contributed by atoms with Crippen LogP contribution in [0.15, 0.2) is 0 Å². The van der Waals surface area contributed by atoms with Crippen molar-refractivity contribution in [1.82, 2.24) is 5.32 Å². The van der Waals surface area contributed by atoms with E-state index in [4.69, 9.17) is 48.5 Å². The first kappa shape index (κ1) is 18.0. The van der Waals surface area contributed by atoms with Gasteiger partial charge < -0.3 is 53.8 Å². The Kier molecular flexibility index (Phi) is 11.3. The summed E-state index contributed by atoms with van der Waals surface area (Å²) < 4.78 is 27.6. The standard InChI is InChI=1S/C12H23NO5S2/c19-12(20)13-9-11-10-17-6-5-15-2-1-14-3-4-16-7-8-18-11/h11H,1-10H2,(H2,13,19,20)/p-1. The van der Waals surface area contributed by atoms with E-state index in [0.717, 1.165) is 0 Å². The number of hydrogen-bond donors (Lipinski definition) is 1. The van der Waals surface area contributed by atoms with Crippen molar-refractivity contribution >= 4 is 29.2 Å². The first-order valence-electron chi connectivity index (χ1n) is 6.66.